The van der Waals surface area contributed by atoms with Gasteiger partial charge in [0.05, 0.1) is 12.6 Å². The number of amides is 1. The molecule has 3 aliphatic rings. The Balaban J connectivity index is 1.39. The zero-order chi connectivity index (χ0) is 15.6. The highest BCUT2D eigenvalue weighted by atomic mass is 32.1. The molecule has 1 saturated heterocycles. The molecular weight excluding hydrogens is 306 g/mol. The number of nitrogens with zero attached hydrogens (tertiary/aromatic N) is 1. The summed E-state index contributed by atoms with van der Waals surface area (Å²) in [5.74, 6) is 2.75. The zero-order valence-electron chi connectivity index (χ0n) is 13.8. The van der Waals surface area contributed by atoms with E-state index >= 15 is 0 Å². The van der Waals surface area contributed by atoms with E-state index in [1.54, 1.807) is 11.3 Å². The van der Waals surface area contributed by atoms with Crippen LogP contribution in [0.15, 0.2) is 17.5 Å². The van der Waals surface area contributed by atoms with Gasteiger partial charge in [-0.2, -0.15) is 0 Å². The van der Waals surface area contributed by atoms with E-state index in [0.29, 0.717) is 11.8 Å². The van der Waals surface area contributed by atoms with Crippen molar-refractivity contribution in [1.29, 1.82) is 0 Å². The van der Waals surface area contributed by atoms with E-state index in [4.69, 9.17) is 4.74 Å². The van der Waals surface area contributed by atoms with Crippen molar-refractivity contribution in [3.63, 3.8) is 0 Å². The molecule has 4 unspecified atom stereocenters. The lowest BCUT2D eigenvalue weighted by Crippen LogP contribution is -2.38. The van der Waals surface area contributed by atoms with Gasteiger partial charge in [-0.1, -0.05) is 12.5 Å². The second kappa shape index (κ2) is 6.94. The molecule has 4 atom stereocenters. The van der Waals surface area contributed by atoms with Crippen LogP contribution in [-0.4, -0.2) is 30.1 Å². The second-order valence-electron chi connectivity index (χ2n) is 7.63. The molecule has 3 nitrogen and oxygen atoms in total. The number of hydrogen-bond donors (Lipinski definition) is 0. The van der Waals surface area contributed by atoms with Gasteiger partial charge < -0.3 is 9.64 Å². The Hall–Kier alpha value is -0.870. The Bertz CT molecular complexity index is 523. The van der Waals surface area contributed by atoms with Crippen molar-refractivity contribution < 1.29 is 9.53 Å². The highest BCUT2D eigenvalue weighted by Crippen LogP contribution is 2.49. The van der Waals surface area contributed by atoms with Gasteiger partial charge in [0.25, 0.3) is 0 Å². The van der Waals surface area contributed by atoms with Gasteiger partial charge in [-0.3, -0.25) is 4.79 Å². The van der Waals surface area contributed by atoms with Crippen molar-refractivity contribution in [3.8, 4) is 0 Å². The highest BCUT2D eigenvalue weighted by molar-refractivity contribution is 7.09. The van der Waals surface area contributed by atoms with Crippen molar-refractivity contribution in [2.45, 2.75) is 57.6 Å². The van der Waals surface area contributed by atoms with Crippen molar-refractivity contribution in [2.75, 3.05) is 13.2 Å². The molecule has 126 valence electrons. The normalized spacial score (nSPS) is 32.5. The summed E-state index contributed by atoms with van der Waals surface area (Å²) in [6, 6.07) is 4.21. The lowest BCUT2D eigenvalue weighted by atomic mass is 9.86. The molecular formula is C19H27NO2S. The zero-order valence-corrected chi connectivity index (χ0v) is 14.6. The first-order chi connectivity index (χ1) is 11.3. The molecule has 0 radical (unpaired) electrons. The fourth-order valence-electron chi connectivity index (χ4n) is 4.86. The molecule has 1 aromatic rings. The fourth-order valence-corrected chi connectivity index (χ4v) is 5.58. The van der Waals surface area contributed by atoms with E-state index in [0.717, 1.165) is 50.8 Å². The average molecular weight is 333 g/mol. The minimum atomic E-state index is 0.249. The summed E-state index contributed by atoms with van der Waals surface area (Å²) in [6.45, 7) is 2.40. The minimum Gasteiger partial charge on any atom is -0.376 e. The molecule has 1 amide bonds. The Morgan fingerprint density at radius 3 is 2.91 bits per heavy atom. The molecule has 2 bridgehead atoms. The standard InChI is InChI=1S/C19H27NO2S/c21-19(11-16-10-14-5-6-15(16)9-14)20(12-17-3-1-7-22-17)13-18-4-2-8-23-18/h2,4,8,14-17H,1,3,5-7,9-13H2. The average Bonchev–Trinajstić information content (AvgIpc) is 3.32. The highest BCUT2D eigenvalue weighted by Gasteiger charge is 2.40. The molecule has 1 aromatic heterocycles. The number of carbonyl (C=O) groups excluding carboxylic acids is 1. The van der Waals surface area contributed by atoms with Crippen LogP contribution in [0.4, 0.5) is 0 Å². The quantitative estimate of drug-likeness (QED) is 0.785. The molecule has 3 fully saturated rings. The fraction of sp³-hybridized carbons (Fsp3) is 0.737. The van der Waals surface area contributed by atoms with Gasteiger partial charge in [0.2, 0.25) is 5.91 Å². The van der Waals surface area contributed by atoms with Gasteiger partial charge in [-0.25, -0.2) is 0 Å². The van der Waals surface area contributed by atoms with Crippen LogP contribution in [0.25, 0.3) is 0 Å². The largest absolute Gasteiger partial charge is 0.376 e. The van der Waals surface area contributed by atoms with Crippen LogP contribution in [0.3, 0.4) is 0 Å². The Morgan fingerprint density at radius 2 is 2.26 bits per heavy atom. The van der Waals surface area contributed by atoms with E-state index in [1.165, 1.54) is 30.6 Å². The predicted molar refractivity (Wildman–Crippen MR) is 92.3 cm³/mol. The Labute approximate surface area is 143 Å². The molecule has 1 aliphatic heterocycles. The van der Waals surface area contributed by atoms with Crippen LogP contribution in [0.1, 0.15) is 49.8 Å². The van der Waals surface area contributed by atoms with Crippen LogP contribution in [-0.2, 0) is 16.1 Å². The lowest BCUT2D eigenvalue weighted by Gasteiger charge is -2.28. The van der Waals surface area contributed by atoms with Crippen LogP contribution < -0.4 is 0 Å². The predicted octanol–water partition coefficient (Wildman–Crippen LogP) is 4.08. The van der Waals surface area contributed by atoms with Gasteiger partial charge in [0.15, 0.2) is 0 Å². The maximum atomic E-state index is 13.0. The third kappa shape index (κ3) is 3.63. The summed E-state index contributed by atoms with van der Waals surface area (Å²) in [7, 11) is 0. The molecule has 0 aromatic carbocycles. The van der Waals surface area contributed by atoms with Crippen LogP contribution in [0, 0.1) is 17.8 Å². The van der Waals surface area contributed by atoms with E-state index in [1.807, 2.05) is 0 Å². The molecule has 0 spiro atoms. The smallest absolute Gasteiger partial charge is 0.223 e. The third-order valence-electron chi connectivity index (χ3n) is 6.05. The molecule has 2 heterocycles. The number of hydrogen-bond acceptors (Lipinski definition) is 3. The Morgan fingerprint density at radius 1 is 1.30 bits per heavy atom. The number of rotatable bonds is 6. The topological polar surface area (TPSA) is 29.5 Å². The lowest BCUT2D eigenvalue weighted by molar-refractivity contribution is -0.134. The number of thiophene rings is 1. The van der Waals surface area contributed by atoms with Gasteiger partial charge >= 0.3 is 0 Å². The van der Waals surface area contributed by atoms with Crippen molar-refractivity contribution in [1.82, 2.24) is 4.90 Å². The Kier molecular flexibility index (Phi) is 4.72. The molecule has 2 aliphatic carbocycles. The van der Waals surface area contributed by atoms with Crippen LogP contribution in [0.2, 0.25) is 0 Å². The number of carbonyl (C=O) groups is 1. The molecule has 0 N–H and O–H groups in total. The molecule has 4 heteroatoms. The van der Waals surface area contributed by atoms with Crippen molar-refractivity contribution in [2.24, 2.45) is 17.8 Å². The van der Waals surface area contributed by atoms with E-state index < -0.39 is 0 Å². The summed E-state index contributed by atoms with van der Waals surface area (Å²) in [4.78, 5) is 16.3. The monoisotopic (exact) mass is 333 g/mol. The van der Waals surface area contributed by atoms with Gasteiger partial charge in [-0.05, 0) is 61.3 Å². The summed E-state index contributed by atoms with van der Waals surface area (Å²) < 4.78 is 5.78. The SMILES string of the molecule is O=C(CC1CC2CCC1C2)N(Cc1cccs1)CC1CCCO1. The molecule has 2 saturated carbocycles. The van der Waals surface area contributed by atoms with Crippen molar-refractivity contribution >= 4 is 17.2 Å². The second-order valence-corrected chi connectivity index (χ2v) is 8.66. The van der Waals surface area contributed by atoms with Crippen LogP contribution in [0.5, 0.6) is 0 Å². The van der Waals surface area contributed by atoms with Crippen molar-refractivity contribution in [3.05, 3.63) is 22.4 Å². The summed E-state index contributed by atoms with van der Waals surface area (Å²) >= 11 is 1.75. The summed E-state index contributed by atoms with van der Waals surface area (Å²) in [6.07, 6.45) is 8.69. The maximum Gasteiger partial charge on any atom is 0.223 e. The number of ether oxygens (including phenoxy) is 1. The first kappa shape index (κ1) is 15.6. The number of fused-ring (bicyclic) bond motifs is 2. The summed E-state index contributed by atoms with van der Waals surface area (Å²) in [5, 5.41) is 2.10. The molecule has 23 heavy (non-hydrogen) atoms. The van der Waals surface area contributed by atoms with E-state index in [9.17, 15) is 4.79 Å². The van der Waals surface area contributed by atoms with Crippen LogP contribution >= 0.6 is 11.3 Å². The minimum absolute atomic E-state index is 0.249. The maximum absolute atomic E-state index is 13.0. The van der Waals surface area contributed by atoms with E-state index in [-0.39, 0.29) is 6.10 Å². The van der Waals surface area contributed by atoms with Gasteiger partial charge in [-0.15, -0.1) is 11.3 Å². The van der Waals surface area contributed by atoms with E-state index in [2.05, 4.69) is 22.4 Å². The first-order valence-corrected chi connectivity index (χ1v) is 10.1. The summed E-state index contributed by atoms with van der Waals surface area (Å²) in [5.41, 5.74) is 0. The van der Waals surface area contributed by atoms with Gasteiger partial charge in [0.1, 0.15) is 0 Å². The third-order valence-corrected chi connectivity index (χ3v) is 6.91. The molecule has 4 rings (SSSR count). The first-order valence-electron chi connectivity index (χ1n) is 9.19. The van der Waals surface area contributed by atoms with Gasteiger partial charge in [0, 0.05) is 24.4 Å².